The topological polar surface area (TPSA) is 74.8 Å². The number of hydrogen-bond donors (Lipinski definition) is 2. The second-order valence-corrected chi connectivity index (χ2v) is 4.16. The molecule has 0 saturated carbocycles. The number of anilines is 1. The van der Waals surface area contributed by atoms with Gasteiger partial charge in [0.1, 0.15) is 11.5 Å². The number of halogens is 1. The van der Waals surface area contributed by atoms with Gasteiger partial charge in [-0.15, -0.1) is 0 Å². The van der Waals surface area contributed by atoms with Gasteiger partial charge in [-0.1, -0.05) is 6.07 Å². The van der Waals surface area contributed by atoms with Gasteiger partial charge in [-0.3, -0.25) is 9.59 Å². The summed E-state index contributed by atoms with van der Waals surface area (Å²) in [5.74, 6) is 0.0143. The van der Waals surface area contributed by atoms with Crippen molar-refractivity contribution in [2.45, 2.75) is 0 Å². The molecular weight excluding hydrogens is 286 g/mol. The molecule has 0 aromatic carbocycles. The molecule has 6 heteroatoms. The highest BCUT2D eigenvalue weighted by Gasteiger charge is 2.06. The second kappa shape index (κ2) is 4.92. The van der Waals surface area contributed by atoms with Crippen LogP contribution in [-0.2, 0) is 0 Å². The lowest BCUT2D eigenvalue weighted by Crippen LogP contribution is -2.18. The van der Waals surface area contributed by atoms with Crippen molar-refractivity contribution < 1.29 is 4.79 Å². The van der Waals surface area contributed by atoms with Crippen LogP contribution in [-0.4, -0.2) is 15.9 Å². The summed E-state index contributed by atoms with van der Waals surface area (Å²) in [6.07, 6.45) is 1.57. The van der Waals surface area contributed by atoms with E-state index in [9.17, 15) is 9.59 Å². The van der Waals surface area contributed by atoms with Crippen LogP contribution < -0.4 is 10.9 Å². The van der Waals surface area contributed by atoms with Gasteiger partial charge in [0.25, 0.3) is 5.91 Å². The monoisotopic (exact) mass is 293 g/mol. The molecule has 2 aromatic heterocycles. The smallest absolute Gasteiger partial charge is 0.273 e. The third-order valence-corrected chi connectivity index (χ3v) is 2.45. The molecule has 0 spiro atoms. The maximum Gasteiger partial charge on any atom is 0.273 e. The standard InChI is InChI=1S/C11H8BrN3O2/c12-7-4-5-9(13-6-7)15-11(17)8-2-1-3-10(16)14-8/h1-6H,(H,14,16)(H,13,15,17). The van der Waals surface area contributed by atoms with Crippen LogP contribution in [0.25, 0.3) is 0 Å². The number of pyridine rings is 2. The van der Waals surface area contributed by atoms with Crippen molar-refractivity contribution in [3.63, 3.8) is 0 Å². The number of carbonyl (C=O) groups is 1. The first-order chi connectivity index (χ1) is 8.15. The second-order valence-electron chi connectivity index (χ2n) is 3.24. The highest BCUT2D eigenvalue weighted by Crippen LogP contribution is 2.10. The molecule has 0 aliphatic rings. The number of carbonyl (C=O) groups excluding carboxylic acids is 1. The summed E-state index contributed by atoms with van der Waals surface area (Å²) in [6, 6.07) is 7.80. The van der Waals surface area contributed by atoms with E-state index in [0.717, 1.165) is 4.47 Å². The summed E-state index contributed by atoms with van der Waals surface area (Å²) >= 11 is 3.24. The van der Waals surface area contributed by atoms with Gasteiger partial charge in [0, 0.05) is 16.7 Å². The maximum atomic E-state index is 11.7. The third kappa shape index (κ3) is 3.01. The Labute approximate surface area is 105 Å². The van der Waals surface area contributed by atoms with E-state index in [2.05, 4.69) is 31.2 Å². The van der Waals surface area contributed by atoms with Crippen LogP contribution in [0.3, 0.4) is 0 Å². The molecule has 0 saturated heterocycles. The first-order valence-corrected chi connectivity index (χ1v) is 5.57. The Morgan fingerprint density at radius 1 is 1.29 bits per heavy atom. The Kier molecular flexibility index (Phi) is 3.34. The SMILES string of the molecule is O=C(Nc1ccc(Br)cn1)c1cccc(=O)[nH]1. The van der Waals surface area contributed by atoms with Crippen LogP contribution in [0.2, 0.25) is 0 Å². The molecule has 2 aromatic rings. The van der Waals surface area contributed by atoms with Gasteiger partial charge >= 0.3 is 0 Å². The van der Waals surface area contributed by atoms with Gasteiger partial charge in [0.05, 0.1) is 0 Å². The fourth-order valence-corrected chi connectivity index (χ4v) is 1.45. The quantitative estimate of drug-likeness (QED) is 0.886. The van der Waals surface area contributed by atoms with Gasteiger partial charge in [0.2, 0.25) is 5.56 Å². The number of aromatic nitrogens is 2. The van der Waals surface area contributed by atoms with E-state index in [0.29, 0.717) is 5.82 Å². The van der Waals surface area contributed by atoms with Crippen molar-refractivity contribution in [3.05, 3.63) is 57.0 Å². The van der Waals surface area contributed by atoms with Crippen LogP contribution in [0.4, 0.5) is 5.82 Å². The van der Waals surface area contributed by atoms with Crippen LogP contribution in [0.15, 0.2) is 45.8 Å². The van der Waals surface area contributed by atoms with Crippen molar-refractivity contribution in [3.8, 4) is 0 Å². The zero-order chi connectivity index (χ0) is 12.3. The van der Waals surface area contributed by atoms with E-state index in [1.165, 1.54) is 18.2 Å². The highest BCUT2D eigenvalue weighted by atomic mass is 79.9. The van der Waals surface area contributed by atoms with Gasteiger partial charge < -0.3 is 10.3 Å². The molecule has 0 bridgehead atoms. The molecule has 0 radical (unpaired) electrons. The molecule has 0 aliphatic carbocycles. The van der Waals surface area contributed by atoms with Crippen LogP contribution >= 0.6 is 15.9 Å². The van der Waals surface area contributed by atoms with Crippen molar-refractivity contribution >= 4 is 27.7 Å². The molecular formula is C11H8BrN3O2. The van der Waals surface area contributed by atoms with Gasteiger partial charge in [-0.05, 0) is 34.1 Å². The molecule has 0 aliphatic heterocycles. The minimum atomic E-state index is -0.405. The maximum absolute atomic E-state index is 11.7. The number of hydrogen-bond acceptors (Lipinski definition) is 3. The van der Waals surface area contributed by atoms with Crippen LogP contribution in [0.1, 0.15) is 10.5 Å². The van der Waals surface area contributed by atoms with E-state index in [4.69, 9.17) is 0 Å². The first kappa shape index (κ1) is 11.5. The highest BCUT2D eigenvalue weighted by molar-refractivity contribution is 9.10. The van der Waals surface area contributed by atoms with E-state index in [1.807, 2.05) is 0 Å². The van der Waals surface area contributed by atoms with Crippen molar-refractivity contribution in [1.29, 1.82) is 0 Å². The van der Waals surface area contributed by atoms with E-state index >= 15 is 0 Å². The summed E-state index contributed by atoms with van der Waals surface area (Å²) in [5.41, 5.74) is -0.122. The third-order valence-electron chi connectivity index (χ3n) is 1.98. The number of aromatic amines is 1. The fourth-order valence-electron chi connectivity index (χ4n) is 1.21. The van der Waals surface area contributed by atoms with Crippen LogP contribution in [0.5, 0.6) is 0 Å². The summed E-state index contributed by atoms with van der Waals surface area (Å²) < 4.78 is 0.823. The molecule has 5 nitrogen and oxygen atoms in total. The minimum Gasteiger partial charge on any atom is -0.318 e. The molecule has 2 heterocycles. The fraction of sp³-hybridized carbons (Fsp3) is 0. The number of nitrogens with zero attached hydrogens (tertiary/aromatic N) is 1. The molecule has 17 heavy (non-hydrogen) atoms. The van der Waals surface area contributed by atoms with Crippen molar-refractivity contribution in [1.82, 2.24) is 9.97 Å². The zero-order valence-corrected chi connectivity index (χ0v) is 10.2. The van der Waals surface area contributed by atoms with E-state index in [-0.39, 0.29) is 11.3 Å². The summed E-state index contributed by atoms with van der Waals surface area (Å²) in [5, 5.41) is 2.57. The number of rotatable bonds is 2. The lowest BCUT2D eigenvalue weighted by atomic mass is 10.3. The Hall–Kier alpha value is -1.95. The minimum absolute atomic E-state index is 0.196. The zero-order valence-electron chi connectivity index (χ0n) is 8.61. The molecule has 0 fully saturated rings. The molecule has 86 valence electrons. The summed E-state index contributed by atoms with van der Waals surface area (Å²) in [4.78, 5) is 29.2. The summed E-state index contributed by atoms with van der Waals surface area (Å²) in [7, 11) is 0. The van der Waals surface area contributed by atoms with Crippen LogP contribution in [0, 0.1) is 0 Å². The van der Waals surface area contributed by atoms with Crippen molar-refractivity contribution in [2.75, 3.05) is 5.32 Å². The normalized spacial score (nSPS) is 9.94. The van der Waals surface area contributed by atoms with E-state index in [1.54, 1.807) is 18.3 Å². The van der Waals surface area contributed by atoms with Gasteiger partial charge in [0.15, 0.2) is 0 Å². The first-order valence-electron chi connectivity index (χ1n) is 4.77. The number of amides is 1. The molecule has 0 atom stereocenters. The largest absolute Gasteiger partial charge is 0.318 e. The Morgan fingerprint density at radius 3 is 2.76 bits per heavy atom. The number of nitrogens with one attached hydrogen (secondary N) is 2. The lowest BCUT2D eigenvalue weighted by Gasteiger charge is -2.03. The van der Waals surface area contributed by atoms with Gasteiger partial charge in [-0.25, -0.2) is 4.98 Å². The predicted molar refractivity (Wildman–Crippen MR) is 67.0 cm³/mol. The Morgan fingerprint density at radius 2 is 2.12 bits per heavy atom. The molecule has 0 unspecified atom stereocenters. The predicted octanol–water partition coefficient (Wildman–Crippen LogP) is 1.78. The van der Waals surface area contributed by atoms with Crippen molar-refractivity contribution in [2.24, 2.45) is 0 Å². The average molecular weight is 294 g/mol. The molecule has 1 amide bonds. The summed E-state index contributed by atoms with van der Waals surface area (Å²) in [6.45, 7) is 0. The van der Waals surface area contributed by atoms with Gasteiger partial charge in [-0.2, -0.15) is 0 Å². The Balaban J connectivity index is 2.17. The Bertz CT molecular complexity index is 592. The lowest BCUT2D eigenvalue weighted by molar-refractivity contribution is 0.102. The number of H-pyrrole nitrogens is 1. The molecule has 2 N–H and O–H groups in total. The van der Waals surface area contributed by atoms with E-state index < -0.39 is 5.91 Å². The average Bonchev–Trinajstić information content (AvgIpc) is 2.32. The molecule has 2 rings (SSSR count).